The summed E-state index contributed by atoms with van der Waals surface area (Å²) in [7, 11) is 3.29. The number of ether oxygens (including phenoxy) is 3. The maximum atomic E-state index is 12.4. The third-order valence-corrected chi connectivity index (χ3v) is 4.47. The van der Waals surface area contributed by atoms with Crippen molar-refractivity contribution in [3.05, 3.63) is 48.5 Å². The number of amides is 1. The van der Waals surface area contributed by atoms with Gasteiger partial charge < -0.3 is 24.0 Å². The zero-order valence-corrected chi connectivity index (χ0v) is 15.2. The number of para-hydroxylation sites is 1. The molecule has 0 spiro atoms. The van der Waals surface area contributed by atoms with Crippen molar-refractivity contribution < 1.29 is 19.0 Å². The van der Waals surface area contributed by atoms with E-state index >= 15 is 0 Å². The van der Waals surface area contributed by atoms with Crippen LogP contribution in [0.4, 0.5) is 5.69 Å². The lowest BCUT2D eigenvalue weighted by molar-refractivity contribution is -0.133. The van der Waals surface area contributed by atoms with E-state index < -0.39 is 0 Å². The Labute approximate surface area is 153 Å². The van der Waals surface area contributed by atoms with Crippen LogP contribution in [0.1, 0.15) is 0 Å². The van der Waals surface area contributed by atoms with Gasteiger partial charge in [0.1, 0.15) is 17.2 Å². The van der Waals surface area contributed by atoms with Crippen molar-refractivity contribution in [3.63, 3.8) is 0 Å². The summed E-state index contributed by atoms with van der Waals surface area (Å²) < 4.78 is 16.3. The molecular weight excluding hydrogens is 332 g/mol. The largest absolute Gasteiger partial charge is 0.497 e. The Hall–Kier alpha value is -2.89. The number of hydrogen-bond acceptors (Lipinski definition) is 5. The Morgan fingerprint density at radius 1 is 0.923 bits per heavy atom. The molecule has 1 aliphatic rings. The number of rotatable bonds is 6. The molecule has 0 aliphatic carbocycles. The fourth-order valence-electron chi connectivity index (χ4n) is 3.00. The van der Waals surface area contributed by atoms with E-state index in [1.807, 2.05) is 53.4 Å². The Balaban J connectivity index is 1.55. The maximum Gasteiger partial charge on any atom is 0.260 e. The van der Waals surface area contributed by atoms with Crippen molar-refractivity contribution in [2.24, 2.45) is 0 Å². The fraction of sp³-hybridized carbons (Fsp3) is 0.350. The summed E-state index contributed by atoms with van der Waals surface area (Å²) in [6, 6.07) is 15.2. The van der Waals surface area contributed by atoms with E-state index in [2.05, 4.69) is 4.90 Å². The summed E-state index contributed by atoms with van der Waals surface area (Å²) >= 11 is 0. The van der Waals surface area contributed by atoms with Crippen LogP contribution < -0.4 is 19.1 Å². The monoisotopic (exact) mass is 356 g/mol. The second-order valence-electron chi connectivity index (χ2n) is 6.01. The first-order valence-electron chi connectivity index (χ1n) is 8.64. The SMILES string of the molecule is COc1ccc(N2CCN(C(=O)COc3ccccc3)CC2)c(OC)c1. The summed E-state index contributed by atoms with van der Waals surface area (Å²) in [5, 5.41) is 0. The molecule has 2 aromatic rings. The fourth-order valence-corrected chi connectivity index (χ4v) is 3.00. The van der Waals surface area contributed by atoms with Crippen molar-refractivity contribution in [1.29, 1.82) is 0 Å². The van der Waals surface area contributed by atoms with E-state index in [1.54, 1.807) is 14.2 Å². The minimum atomic E-state index is 0.00944. The van der Waals surface area contributed by atoms with Gasteiger partial charge in [-0.2, -0.15) is 0 Å². The van der Waals surface area contributed by atoms with Crippen LogP contribution >= 0.6 is 0 Å². The van der Waals surface area contributed by atoms with Gasteiger partial charge in [-0.1, -0.05) is 18.2 Å². The molecule has 2 aromatic carbocycles. The molecule has 1 saturated heterocycles. The molecule has 0 bridgehead atoms. The predicted octanol–water partition coefficient (Wildman–Crippen LogP) is 2.43. The van der Waals surface area contributed by atoms with Crippen LogP contribution in [0, 0.1) is 0 Å². The lowest BCUT2D eigenvalue weighted by atomic mass is 10.2. The summed E-state index contributed by atoms with van der Waals surface area (Å²) in [6.07, 6.45) is 0. The number of anilines is 1. The lowest BCUT2D eigenvalue weighted by Crippen LogP contribution is -2.50. The predicted molar refractivity (Wildman–Crippen MR) is 100 cm³/mol. The molecule has 1 amide bonds. The van der Waals surface area contributed by atoms with Crippen molar-refractivity contribution in [1.82, 2.24) is 4.90 Å². The van der Waals surface area contributed by atoms with Crippen molar-refractivity contribution in [2.75, 3.05) is 51.9 Å². The molecule has 0 unspecified atom stereocenters. The van der Waals surface area contributed by atoms with E-state index in [-0.39, 0.29) is 12.5 Å². The summed E-state index contributed by atoms with van der Waals surface area (Å²) in [4.78, 5) is 16.4. The first kappa shape index (κ1) is 17.9. The van der Waals surface area contributed by atoms with Crippen LogP contribution in [-0.2, 0) is 4.79 Å². The molecule has 1 fully saturated rings. The molecule has 0 atom stereocenters. The summed E-state index contributed by atoms with van der Waals surface area (Å²) in [5.41, 5.74) is 1.01. The molecule has 0 aromatic heterocycles. The molecule has 6 heteroatoms. The average Bonchev–Trinajstić information content (AvgIpc) is 2.72. The van der Waals surface area contributed by atoms with Crippen LogP contribution in [0.2, 0.25) is 0 Å². The topological polar surface area (TPSA) is 51.2 Å². The highest BCUT2D eigenvalue weighted by Gasteiger charge is 2.23. The smallest absolute Gasteiger partial charge is 0.260 e. The van der Waals surface area contributed by atoms with E-state index in [0.717, 1.165) is 30.3 Å². The van der Waals surface area contributed by atoms with Crippen LogP contribution in [0.5, 0.6) is 17.2 Å². The number of nitrogens with zero attached hydrogens (tertiary/aromatic N) is 2. The van der Waals surface area contributed by atoms with Gasteiger partial charge in [0.15, 0.2) is 6.61 Å². The number of methoxy groups -OCH3 is 2. The standard InChI is InChI=1S/C20H24N2O4/c1-24-17-8-9-18(19(14-17)25-2)21-10-12-22(13-11-21)20(23)15-26-16-6-4-3-5-7-16/h3-9,14H,10-13,15H2,1-2H3. The molecule has 138 valence electrons. The van der Waals surface area contributed by atoms with E-state index in [4.69, 9.17) is 14.2 Å². The van der Waals surface area contributed by atoms with Gasteiger partial charge in [0.25, 0.3) is 5.91 Å². The summed E-state index contributed by atoms with van der Waals surface area (Å²) in [6.45, 7) is 2.88. The first-order chi connectivity index (χ1) is 12.7. The quantitative estimate of drug-likeness (QED) is 0.796. The van der Waals surface area contributed by atoms with Crippen LogP contribution in [-0.4, -0.2) is 57.8 Å². The Morgan fingerprint density at radius 2 is 1.65 bits per heavy atom. The second kappa shape index (κ2) is 8.47. The minimum absolute atomic E-state index is 0.00944. The number of carbonyl (C=O) groups excluding carboxylic acids is 1. The van der Waals surface area contributed by atoms with E-state index in [9.17, 15) is 4.79 Å². The van der Waals surface area contributed by atoms with Gasteiger partial charge in [0.05, 0.1) is 19.9 Å². The maximum absolute atomic E-state index is 12.4. The summed E-state index contributed by atoms with van der Waals surface area (Å²) in [5.74, 6) is 2.26. The Bertz CT molecular complexity index is 728. The van der Waals surface area contributed by atoms with E-state index in [1.165, 1.54) is 0 Å². The molecule has 0 saturated carbocycles. The van der Waals surface area contributed by atoms with Crippen LogP contribution in [0.25, 0.3) is 0 Å². The molecule has 0 radical (unpaired) electrons. The van der Waals surface area contributed by atoms with Gasteiger partial charge in [-0.3, -0.25) is 4.79 Å². The minimum Gasteiger partial charge on any atom is -0.497 e. The molecule has 26 heavy (non-hydrogen) atoms. The van der Waals surface area contributed by atoms with Crippen molar-refractivity contribution >= 4 is 11.6 Å². The molecular formula is C20H24N2O4. The molecule has 0 N–H and O–H groups in total. The number of hydrogen-bond donors (Lipinski definition) is 0. The Morgan fingerprint density at radius 3 is 2.31 bits per heavy atom. The molecule has 1 aliphatic heterocycles. The zero-order chi connectivity index (χ0) is 18.4. The third kappa shape index (κ3) is 4.20. The Kier molecular flexibility index (Phi) is 5.84. The van der Waals surface area contributed by atoms with Gasteiger partial charge in [-0.15, -0.1) is 0 Å². The number of benzene rings is 2. The van der Waals surface area contributed by atoms with Gasteiger partial charge in [-0.25, -0.2) is 0 Å². The molecule has 3 rings (SSSR count). The number of piperazine rings is 1. The van der Waals surface area contributed by atoms with Gasteiger partial charge in [0, 0.05) is 32.2 Å². The molecule has 1 heterocycles. The van der Waals surface area contributed by atoms with E-state index in [0.29, 0.717) is 18.8 Å². The second-order valence-corrected chi connectivity index (χ2v) is 6.01. The van der Waals surface area contributed by atoms with Gasteiger partial charge in [0.2, 0.25) is 0 Å². The highest BCUT2D eigenvalue weighted by atomic mass is 16.5. The first-order valence-corrected chi connectivity index (χ1v) is 8.64. The van der Waals surface area contributed by atoms with Crippen LogP contribution in [0.3, 0.4) is 0 Å². The zero-order valence-electron chi connectivity index (χ0n) is 15.2. The average molecular weight is 356 g/mol. The van der Waals surface area contributed by atoms with Gasteiger partial charge in [-0.05, 0) is 24.3 Å². The highest BCUT2D eigenvalue weighted by molar-refractivity contribution is 5.78. The van der Waals surface area contributed by atoms with Gasteiger partial charge >= 0.3 is 0 Å². The normalized spacial score (nSPS) is 14.1. The number of carbonyl (C=O) groups is 1. The van der Waals surface area contributed by atoms with Crippen LogP contribution in [0.15, 0.2) is 48.5 Å². The lowest BCUT2D eigenvalue weighted by Gasteiger charge is -2.36. The third-order valence-electron chi connectivity index (χ3n) is 4.47. The van der Waals surface area contributed by atoms with Crippen molar-refractivity contribution in [3.8, 4) is 17.2 Å². The highest BCUT2D eigenvalue weighted by Crippen LogP contribution is 2.32. The molecule has 6 nitrogen and oxygen atoms in total. The van der Waals surface area contributed by atoms with Crippen molar-refractivity contribution in [2.45, 2.75) is 0 Å².